The molecule has 3 aliphatic rings. The summed E-state index contributed by atoms with van der Waals surface area (Å²) < 4.78 is 17.1. The minimum absolute atomic E-state index is 0. The summed E-state index contributed by atoms with van der Waals surface area (Å²) in [6.45, 7) is 13.3. The van der Waals surface area contributed by atoms with Gasteiger partial charge in [0.1, 0.15) is 16.1 Å². The fraction of sp³-hybridized carbons (Fsp3) is 0.459. The van der Waals surface area contributed by atoms with Crippen molar-refractivity contribution in [1.29, 1.82) is 0 Å². The summed E-state index contributed by atoms with van der Waals surface area (Å²) in [5.74, 6) is 6.55. The van der Waals surface area contributed by atoms with Crippen LogP contribution in [0.15, 0.2) is 59.2 Å². The molecule has 75 heavy (non-hydrogen) atoms. The number of ether oxygens (including phenoxy) is 2. The van der Waals surface area contributed by atoms with Crippen molar-refractivity contribution in [3.8, 4) is 35.8 Å². The Hall–Kier alpha value is -4.76. The van der Waals surface area contributed by atoms with Crippen LogP contribution < -0.4 is 29.6 Å². The Labute approximate surface area is 480 Å². The van der Waals surface area contributed by atoms with E-state index in [0.717, 1.165) is 37.9 Å². The van der Waals surface area contributed by atoms with Gasteiger partial charge in [0.05, 0.1) is 46.9 Å². The number of nitrogens with zero attached hydrogens (tertiary/aromatic N) is 3. The maximum atomic E-state index is 11.9. The number of hydrogen-bond acceptors (Lipinski definition) is 6. The van der Waals surface area contributed by atoms with Gasteiger partial charge in [-0.15, -0.1) is 23.9 Å². The van der Waals surface area contributed by atoms with E-state index >= 15 is 0 Å². The first-order chi connectivity index (χ1) is 33.6. The quantitative estimate of drug-likeness (QED) is 0.0997. The van der Waals surface area contributed by atoms with E-state index in [2.05, 4.69) is 106 Å². The number of aryl methyl sites for hydroxylation is 3. The molecule has 0 spiro atoms. The molecular formula is C61H81BrN3NaO7Si2. The zero-order valence-electron chi connectivity index (χ0n) is 45.2. The van der Waals surface area contributed by atoms with Crippen LogP contribution in [0.3, 0.4) is 0 Å². The molecule has 0 aliphatic heterocycles. The molecule has 3 aromatic carbocycles. The molecule has 3 aliphatic carbocycles. The van der Waals surface area contributed by atoms with Gasteiger partial charge in [0, 0.05) is 53.9 Å². The molecule has 2 N–H and O–H groups in total. The van der Waals surface area contributed by atoms with Gasteiger partial charge in [-0.3, -0.25) is 0 Å². The van der Waals surface area contributed by atoms with Gasteiger partial charge in [-0.25, -0.2) is 14.4 Å². The van der Waals surface area contributed by atoms with Crippen molar-refractivity contribution in [1.82, 2.24) is 13.7 Å². The number of carbonyl (C=O) groups excluding carboxylic acids is 2. The SMILES string of the molecule is C.C.C#C[Si](C)(C)C.C#Cc1c(C2CCCC2)c2ccc(C(=O)O)cc2n1C.COC(=O)c1ccc2c(C3CCCC3)c(Br)n(C)c2c1.COC(=O)c1ccc2c(C3CCCC3)c(C#C[Si](C)(C)C)n(C)c2c1.[Na+].[OH-]. The normalized spacial score (nSPS) is 14.3. The van der Waals surface area contributed by atoms with Crippen LogP contribution in [0.5, 0.6) is 0 Å². The molecule has 3 heterocycles. The van der Waals surface area contributed by atoms with Gasteiger partial charge in [0.25, 0.3) is 0 Å². The zero-order chi connectivity index (χ0) is 51.9. The van der Waals surface area contributed by atoms with E-state index in [-0.39, 0.29) is 61.8 Å². The van der Waals surface area contributed by atoms with E-state index in [4.69, 9.17) is 27.4 Å². The number of aromatic nitrogens is 3. The van der Waals surface area contributed by atoms with Crippen molar-refractivity contribution in [3.63, 3.8) is 0 Å². The van der Waals surface area contributed by atoms with Crippen molar-refractivity contribution in [2.75, 3.05) is 14.2 Å². The van der Waals surface area contributed by atoms with Crippen LogP contribution in [0.1, 0.15) is 169 Å². The molecule has 6 aromatic rings. The number of aromatic carboxylic acids is 1. The summed E-state index contributed by atoms with van der Waals surface area (Å²) in [5.41, 5.74) is 16.9. The predicted octanol–water partition coefficient (Wildman–Crippen LogP) is 12.3. The summed E-state index contributed by atoms with van der Waals surface area (Å²) in [7, 11) is 6.29. The molecule has 3 saturated carbocycles. The average molecular weight is 1130 g/mol. The predicted molar refractivity (Wildman–Crippen MR) is 315 cm³/mol. The number of carboxylic acid groups (broad SMARTS) is 1. The van der Waals surface area contributed by atoms with Crippen molar-refractivity contribution >= 4 is 82.7 Å². The van der Waals surface area contributed by atoms with E-state index < -0.39 is 22.1 Å². The van der Waals surface area contributed by atoms with Crippen LogP contribution in [0.4, 0.5) is 0 Å². The molecule has 0 amide bonds. The molecule has 398 valence electrons. The molecule has 14 heteroatoms. The fourth-order valence-electron chi connectivity index (χ4n) is 10.4. The van der Waals surface area contributed by atoms with Gasteiger partial charge in [-0.05, 0) is 125 Å². The standard InChI is InChI=1S/C21H27NO2Si.C17H17NO2.C16H18BrNO2.C5H10Si.2CH4.Na.H2O/c1-22-18(12-13-25(3,4)5)20(15-8-6-7-9-15)17-11-10-16(14-19(17)22)21(23)24-2;1-3-14-16(11-6-4-5-7-11)13-9-8-12(17(19)20)10-15(13)18(14)2;1-18-13-9-11(16(19)20-2)7-8-12(13)14(15(18)17)10-5-3-4-6-10;1-5-6(2,3)4;;;;/h10-11,14-15H,6-9H2,1-5H3;1,8-11H,4-7H2,2H3,(H,19,20);7-10H,3-6H2,1-2H3;1H,2-4H3;2*1H4;;1H2/q;;;;;;+1;/p-1. The third-order valence-electron chi connectivity index (χ3n) is 14.2. The maximum Gasteiger partial charge on any atom is 1.00 e. The summed E-state index contributed by atoms with van der Waals surface area (Å²) in [6.07, 6.45) is 25.9. The second-order valence-corrected chi connectivity index (χ2v) is 31.7. The minimum atomic E-state index is -1.46. The van der Waals surface area contributed by atoms with Gasteiger partial charge in [-0.1, -0.05) is 123 Å². The van der Waals surface area contributed by atoms with Gasteiger partial charge >= 0.3 is 47.5 Å². The fourth-order valence-corrected chi connectivity index (χ4v) is 11.6. The number of fused-ring (bicyclic) bond motifs is 3. The van der Waals surface area contributed by atoms with E-state index in [0.29, 0.717) is 34.4 Å². The van der Waals surface area contributed by atoms with E-state index in [1.807, 2.05) is 49.0 Å². The monoisotopic (exact) mass is 1130 g/mol. The number of esters is 2. The minimum Gasteiger partial charge on any atom is -0.870 e. The number of benzene rings is 3. The number of hydrogen-bond donors (Lipinski definition) is 1. The second-order valence-electron chi connectivity index (χ2n) is 21.4. The Bertz CT molecular complexity index is 3110. The number of carbonyl (C=O) groups is 3. The van der Waals surface area contributed by atoms with Crippen molar-refractivity contribution in [3.05, 3.63) is 104 Å². The summed E-state index contributed by atoms with van der Waals surface area (Å²) in [6, 6.07) is 17.0. The molecule has 0 bridgehead atoms. The summed E-state index contributed by atoms with van der Waals surface area (Å²) in [5, 5.41) is 12.7. The molecule has 9 rings (SSSR count). The first-order valence-corrected chi connectivity index (χ1v) is 32.8. The topological polar surface area (TPSA) is 135 Å². The van der Waals surface area contributed by atoms with Crippen LogP contribution >= 0.6 is 15.9 Å². The Balaban J connectivity index is 0.000000358. The van der Waals surface area contributed by atoms with Gasteiger partial charge in [-0.2, -0.15) is 0 Å². The van der Waals surface area contributed by atoms with Gasteiger partial charge < -0.3 is 33.8 Å². The second kappa shape index (κ2) is 28.6. The number of methoxy groups -OCH3 is 2. The van der Waals surface area contributed by atoms with Crippen molar-refractivity contribution in [2.45, 2.75) is 149 Å². The van der Waals surface area contributed by atoms with E-state index in [1.54, 1.807) is 12.1 Å². The first kappa shape index (κ1) is 66.4. The Morgan fingerprint density at radius 3 is 1.28 bits per heavy atom. The third kappa shape index (κ3) is 15.5. The molecule has 10 nitrogen and oxygen atoms in total. The zero-order valence-corrected chi connectivity index (χ0v) is 50.8. The van der Waals surface area contributed by atoms with Crippen LogP contribution in [-0.2, 0) is 30.6 Å². The van der Waals surface area contributed by atoms with E-state index in [9.17, 15) is 14.4 Å². The number of carboxylic acids is 1. The van der Waals surface area contributed by atoms with Crippen LogP contribution in [-0.4, -0.2) is 72.6 Å². The van der Waals surface area contributed by atoms with Crippen LogP contribution in [0.25, 0.3) is 32.7 Å². The summed E-state index contributed by atoms with van der Waals surface area (Å²) in [4.78, 5) is 34.7. The molecule has 0 atom stereocenters. The molecule has 3 fully saturated rings. The molecule has 0 unspecified atom stereocenters. The molecule has 0 saturated heterocycles. The Morgan fingerprint density at radius 2 is 0.920 bits per heavy atom. The molecule has 0 radical (unpaired) electrons. The summed E-state index contributed by atoms with van der Waals surface area (Å²) >= 11 is 3.73. The first-order valence-electron chi connectivity index (χ1n) is 25.0. The average Bonchev–Trinajstić information content (AvgIpc) is 4.23. The number of rotatable bonds is 6. The smallest absolute Gasteiger partial charge is 0.870 e. The van der Waals surface area contributed by atoms with E-state index in [1.165, 1.54) is 119 Å². The number of terminal acetylenes is 2. The third-order valence-corrected chi connectivity index (χ3v) is 16.9. The Morgan fingerprint density at radius 1 is 0.587 bits per heavy atom. The Kier molecular flexibility index (Phi) is 25.3. The van der Waals surface area contributed by atoms with Crippen molar-refractivity contribution < 1.29 is 64.0 Å². The molecule has 3 aromatic heterocycles. The largest absolute Gasteiger partial charge is 1.00 e. The maximum absolute atomic E-state index is 11.9. The number of halogens is 1. The van der Waals surface area contributed by atoms with Crippen molar-refractivity contribution in [2.24, 2.45) is 21.1 Å². The van der Waals surface area contributed by atoms with Crippen LogP contribution in [0, 0.1) is 35.8 Å². The van der Waals surface area contributed by atoms with Gasteiger partial charge in [0.15, 0.2) is 0 Å². The van der Waals surface area contributed by atoms with Gasteiger partial charge in [0.2, 0.25) is 0 Å². The van der Waals surface area contributed by atoms with Crippen LogP contribution in [0.2, 0.25) is 39.3 Å². The molecular weight excluding hydrogens is 1050 g/mol.